The molecule has 2 aromatic rings. The summed E-state index contributed by atoms with van der Waals surface area (Å²) in [6.45, 7) is 1.94. The van der Waals surface area contributed by atoms with E-state index in [1.54, 1.807) is 0 Å². The predicted molar refractivity (Wildman–Crippen MR) is 63.7 cm³/mol. The molecular weight excluding hydrogens is 224 g/mol. The van der Waals surface area contributed by atoms with Crippen LogP contribution in [-0.2, 0) is 0 Å². The van der Waals surface area contributed by atoms with Gasteiger partial charge in [-0.2, -0.15) is 0 Å². The molecule has 0 fully saturated rings. The third-order valence-corrected chi connectivity index (χ3v) is 3.00. The van der Waals surface area contributed by atoms with Crippen molar-refractivity contribution < 1.29 is 9.90 Å². The number of hydrogen-bond acceptors (Lipinski definition) is 4. The number of carboxylic acids is 1. The molecule has 0 bridgehead atoms. The van der Waals surface area contributed by atoms with E-state index in [9.17, 15) is 4.79 Å². The molecule has 1 aromatic carbocycles. The summed E-state index contributed by atoms with van der Waals surface area (Å²) in [5, 5.41) is 9.30. The average Bonchev–Trinajstić information content (AvgIpc) is 2.60. The van der Waals surface area contributed by atoms with Gasteiger partial charge in [-0.3, -0.25) is 0 Å². The maximum atomic E-state index is 11.0. The molecule has 0 atom stereocenters. The van der Waals surface area contributed by atoms with Crippen LogP contribution < -0.4 is 5.73 Å². The Balaban J connectivity index is 2.59. The summed E-state index contributed by atoms with van der Waals surface area (Å²) in [4.78, 5) is 15.3. The Kier molecular flexibility index (Phi) is 2.62. The maximum Gasteiger partial charge on any atom is 0.348 e. The Morgan fingerprint density at radius 3 is 2.88 bits per heavy atom. The maximum absolute atomic E-state index is 11.0. The molecule has 0 saturated carbocycles. The minimum absolute atomic E-state index is 0.183. The van der Waals surface area contributed by atoms with Crippen LogP contribution in [0.4, 0.5) is 5.13 Å². The van der Waals surface area contributed by atoms with Crippen LogP contribution in [0.5, 0.6) is 0 Å². The minimum atomic E-state index is -0.995. The topological polar surface area (TPSA) is 76.2 Å². The predicted octanol–water partition coefficient (Wildman–Crippen LogP) is 2.40. The molecule has 0 saturated heterocycles. The van der Waals surface area contributed by atoms with E-state index in [1.165, 1.54) is 0 Å². The molecular formula is C11H10N2O2S. The second kappa shape index (κ2) is 3.94. The molecule has 16 heavy (non-hydrogen) atoms. The highest BCUT2D eigenvalue weighted by Gasteiger charge is 2.17. The van der Waals surface area contributed by atoms with Gasteiger partial charge in [-0.25, -0.2) is 9.78 Å². The Morgan fingerprint density at radius 2 is 2.25 bits per heavy atom. The number of nitrogen functional groups attached to an aromatic ring is 1. The number of carboxylic acid groups (broad SMARTS) is 1. The van der Waals surface area contributed by atoms with Crippen LogP contribution in [0.2, 0.25) is 0 Å². The van der Waals surface area contributed by atoms with Crippen LogP contribution in [-0.4, -0.2) is 16.1 Å². The van der Waals surface area contributed by atoms with E-state index in [-0.39, 0.29) is 10.0 Å². The van der Waals surface area contributed by atoms with Gasteiger partial charge in [0.05, 0.1) is 5.69 Å². The smallest absolute Gasteiger partial charge is 0.348 e. The van der Waals surface area contributed by atoms with Gasteiger partial charge in [0.1, 0.15) is 4.88 Å². The van der Waals surface area contributed by atoms with E-state index in [0.29, 0.717) is 5.69 Å². The molecule has 0 aliphatic rings. The molecule has 0 aliphatic heterocycles. The number of rotatable bonds is 2. The van der Waals surface area contributed by atoms with Gasteiger partial charge in [-0.15, -0.1) is 0 Å². The van der Waals surface area contributed by atoms with Crippen LogP contribution in [0.3, 0.4) is 0 Å². The number of aryl methyl sites for hydroxylation is 1. The number of thiazole rings is 1. The van der Waals surface area contributed by atoms with E-state index >= 15 is 0 Å². The number of nitrogens with two attached hydrogens (primary N) is 1. The summed E-state index contributed by atoms with van der Waals surface area (Å²) in [7, 11) is 0. The van der Waals surface area contributed by atoms with Crippen molar-refractivity contribution in [2.75, 3.05) is 5.73 Å². The number of benzene rings is 1. The highest BCUT2D eigenvalue weighted by atomic mass is 32.1. The molecule has 4 nitrogen and oxygen atoms in total. The van der Waals surface area contributed by atoms with Crippen molar-refractivity contribution in [3.8, 4) is 11.3 Å². The van der Waals surface area contributed by atoms with Crippen LogP contribution >= 0.6 is 11.3 Å². The summed E-state index contributed by atoms with van der Waals surface area (Å²) in [5.41, 5.74) is 7.82. The number of hydrogen-bond donors (Lipinski definition) is 2. The number of aromatic nitrogens is 1. The Bertz CT molecular complexity index is 549. The quantitative estimate of drug-likeness (QED) is 0.836. The SMILES string of the molecule is Cc1cccc(-c2nc(N)sc2C(=O)O)c1. The summed E-state index contributed by atoms with van der Waals surface area (Å²) >= 11 is 0.990. The van der Waals surface area contributed by atoms with E-state index in [2.05, 4.69) is 4.98 Å². The largest absolute Gasteiger partial charge is 0.477 e. The molecule has 0 unspecified atom stereocenters. The molecule has 3 N–H and O–H groups in total. The van der Waals surface area contributed by atoms with Crippen molar-refractivity contribution in [1.29, 1.82) is 0 Å². The van der Waals surface area contributed by atoms with Gasteiger partial charge >= 0.3 is 5.97 Å². The molecule has 0 radical (unpaired) electrons. The Morgan fingerprint density at radius 1 is 1.50 bits per heavy atom. The van der Waals surface area contributed by atoms with Gasteiger partial charge < -0.3 is 10.8 Å². The fourth-order valence-corrected chi connectivity index (χ4v) is 2.16. The van der Waals surface area contributed by atoms with Gasteiger partial charge in [0.15, 0.2) is 5.13 Å². The fraction of sp³-hybridized carbons (Fsp3) is 0.0909. The first-order valence-corrected chi connectivity index (χ1v) is 5.46. The van der Waals surface area contributed by atoms with E-state index in [1.807, 2.05) is 31.2 Å². The number of carbonyl (C=O) groups is 1. The monoisotopic (exact) mass is 234 g/mol. The fourth-order valence-electron chi connectivity index (χ4n) is 1.47. The normalized spacial score (nSPS) is 10.3. The lowest BCUT2D eigenvalue weighted by Gasteiger charge is -1.99. The summed E-state index contributed by atoms with van der Waals surface area (Å²) in [6, 6.07) is 7.53. The molecule has 2 rings (SSSR count). The van der Waals surface area contributed by atoms with Gasteiger partial charge in [-0.1, -0.05) is 35.1 Å². The van der Waals surface area contributed by atoms with Crippen LogP contribution in [0, 0.1) is 6.92 Å². The Labute approximate surface area is 96.4 Å². The molecule has 0 amide bonds. The molecule has 0 aliphatic carbocycles. The summed E-state index contributed by atoms with van der Waals surface area (Å²) in [6.07, 6.45) is 0. The minimum Gasteiger partial charge on any atom is -0.477 e. The summed E-state index contributed by atoms with van der Waals surface area (Å²) in [5.74, 6) is -0.995. The van der Waals surface area contributed by atoms with Crippen LogP contribution in [0.15, 0.2) is 24.3 Å². The van der Waals surface area contributed by atoms with Gasteiger partial charge in [0.2, 0.25) is 0 Å². The van der Waals surface area contributed by atoms with Crippen molar-refractivity contribution in [2.45, 2.75) is 6.92 Å². The standard InChI is InChI=1S/C11H10N2O2S/c1-6-3-2-4-7(5-6)8-9(10(14)15)16-11(12)13-8/h2-5H,1H3,(H2,12,13)(H,14,15). The molecule has 5 heteroatoms. The van der Waals surface area contributed by atoms with Crippen molar-refractivity contribution in [3.63, 3.8) is 0 Å². The molecule has 0 spiro atoms. The third-order valence-electron chi connectivity index (χ3n) is 2.13. The zero-order valence-electron chi connectivity index (χ0n) is 8.60. The van der Waals surface area contributed by atoms with Gasteiger partial charge in [0, 0.05) is 5.56 Å². The van der Waals surface area contributed by atoms with Crippen molar-refractivity contribution in [1.82, 2.24) is 4.98 Å². The first kappa shape index (κ1) is 10.6. The third kappa shape index (κ3) is 1.90. The lowest BCUT2D eigenvalue weighted by molar-refractivity contribution is 0.0702. The molecule has 82 valence electrons. The van der Waals surface area contributed by atoms with Crippen molar-refractivity contribution in [2.24, 2.45) is 0 Å². The van der Waals surface area contributed by atoms with Gasteiger partial charge in [0.25, 0.3) is 0 Å². The number of anilines is 1. The number of aromatic carboxylic acids is 1. The summed E-state index contributed by atoms with van der Waals surface area (Å²) < 4.78 is 0. The van der Waals surface area contributed by atoms with E-state index in [4.69, 9.17) is 10.8 Å². The lowest BCUT2D eigenvalue weighted by Crippen LogP contribution is -1.95. The second-order valence-corrected chi connectivity index (χ2v) is 4.44. The van der Waals surface area contributed by atoms with Gasteiger partial charge in [-0.05, 0) is 13.0 Å². The van der Waals surface area contributed by atoms with Crippen LogP contribution in [0.1, 0.15) is 15.2 Å². The highest BCUT2D eigenvalue weighted by Crippen LogP contribution is 2.29. The van der Waals surface area contributed by atoms with Crippen molar-refractivity contribution >= 4 is 22.4 Å². The average molecular weight is 234 g/mol. The first-order valence-electron chi connectivity index (χ1n) is 4.64. The van der Waals surface area contributed by atoms with Crippen molar-refractivity contribution in [3.05, 3.63) is 34.7 Å². The second-order valence-electron chi connectivity index (χ2n) is 3.40. The van der Waals surface area contributed by atoms with E-state index in [0.717, 1.165) is 22.5 Å². The Hall–Kier alpha value is -1.88. The lowest BCUT2D eigenvalue weighted by atomic mass is 10.1. The molecule has 1 heterocycles. The van der Waals surface area contributed by atoms with E-state index < -0.39 is 5.97 Å². The highest BCUT2D eigenvalue weighted by molar-refractivity contribution is 7.17. The number of nitrogens with zero attached hydrogens (tertiary/aromatic N) is 1. The molecule has 1 aromatic heterocycles. The first-order chi connectivity index (χ1) is 7.58. The van der Waals surface area contributed by atoms with Crippen LogP contribution in [0.25, 0.3) is 11.3 Å². The zero-order valence-corrected chi connectivity index (χ0v) is 9.41. The zero-order chi connectivity index (χ0) is 11.7.